The molecule has 2 N–H and O–H groups in total. The van der Waals surface area contributed by atoms with Gasteiger partial charge in [-0.3, -0.25) is 14.4 Å². The molecule has 2 atom stereocenters. The maximum absolute atomic E-state index is 13.1. The quantitative estimate of drug-likeness (QED) is 0.640. The van der Waals surface area contributed by atoms with Crippen molar-refractivity contribution in [1.82, 2.24) is 4.90 Å². The zero-order valence-corrected chi connectivity index (χ0v) is 18.9. The van der Waals surface area contributed by atoms with Crippen LogP contribution in [-0.2, 0) is 14.4 Å². The SMILES string of the molecule is Cc1cc(NC(=O)C2CCCN(C(=O)C3Sc4ccccc4NC3=O)C2)ccc1Br. The van der Waals surface area contributed by atoms with Crippen LogP contribution in [0.2, 0.25) is 0 Å². The third kappa shape index (κ3) is 4.39. The number of halogens is 1. The van der Waals surface area contributed by atoms with Crippen LogP contribution in [0.1, 0.15) is 18.4 Å². The number of amides is 3. The van der Waals surface area contributed by atoms with Crippen molar-refractivity contribution in [3.05, 3.63) is 52.5 Å². The van der Waals surface area contributed by atoms with Crippen molar-refractivity contribution in [2.45, 2.75) is 29.9 Å². The van der Waals surface area contributed by atoms with Gasteiger partial charge in [-0.15, -0.1) is 11.8 Å². The summed E-state index contributed by atoms with van der Waals surface area (Å²) in [5.74, 6) is -0.930. The maximum atomic E-state index is 13.1. The molecule has 1 saturated heterocycles. The Hall–Kier alpha value is -2.32. The number of rotatable bonds is 3. The lowest BCUT2D eigenvalue weighted by Crippen LogP contribution is -2.50. The molecular weight excluding hydrogens is 466 g/mol. The Balaban J connectivity index is 1.42. The van der Waals surface area contributed by atoms with Crippen molar-refractivity contribution in [3.8, 4) is 0 Å². The molecule has 6 nitrogen and oxygen atoms in total. The van der Waals surface area contributed by atoms with Crippen molar-refractivity contribution in [2.24, 2.45) is 5.92 Å². The molecule has 2 aromatic carbocycles. The van der Waals surface area contributed by atoms with Gasteiger partial charge in [-0.05, 0) is 55.7 Å². The summed E-state index contributed by atoms with van der Waals surface area (Å²) < 4.78 is 0.986. The van der Waals surface area contributed by atoms with Crippen LogP contribution in [0.3, 0.4) is 0 Å². The van der Waals surface area contributed by atoms with Crippen molar-refractivity contribution >= 4 is 56.8 Å². The lowest BCUT2D eigenvalue weighted by Gasteiger charge is -2.35. The van der Waals surface area contributed by atoms with Gasteiger partial charge in [0.2, 0.25) is 17.7 Å². The molecule has 0 radical (unpaired) electrons. The van der Waals surface area contributed by atoms with E-state index in [0.29, 0.717) is 13.1 Å². The normalized spacial score (nSPS) is 20.9. The summed E-state index contributed by atoms with van der Waals surface area (Å²) in [5.41, 5.74) is 2.51. The van der Waals surface area contributed by atoms with Crippen molar-refractivity contribution < 1.29 is 14.4 Å². The van der Waals surface area contributed by atoms with Gasteiger partial charge in [0.25, 0.3) is 0 Å². The van der Waals surface area contributed by atoms with Crippen LogP contribution in [0, 0.1) is 12.8 Å². The smallest absolute Gasteiger partial charge is 0.247 e. The predicted molar refractivity (Wildman–Crippen MR) is 122 cm³/mol. The molecule has 1 fully saturated rings. The number of thioether (sulfide) groups is 1. The van der Waals surface area contributed by atoms with Crippen LogP contribution < -0.4 is 10.6 Å². The summed E-state index contributed by atoms with van der Waals surface area (Å²) in [4.78, 5) is 40.9. The summed E-state index contributed by atoms with van der Waals surface area (Å²) >= 11 is 4.73. The van der Waals surface area contributed by atoms with Crippen molar-refractivity contribution in [3.63, 3.8) is 0 Å². The van der Waals surface area contributed by atoms with Gasteiger partial charge in [-0.25, -0.2) is 0 Å². The molecule has 0 saturated carbocycles. The van der Waals surface area contributed by atoms with E-state index in [0.717, 1.165) is 39.1 Å². The largest absolute Gasteiger partial charge is 0.340 e. The first kappa shape index (κ1) is 20.9. The van der Waals surface area contributed by atoms with E-state index < -0.39 is 5.25 Å². The van der Waals surface area contributed by atoms with Gasteiger partial charge in [0.15, 0.2) is 5.25 Å². The number of piperidine rings is 1. The second kappa shape index (κ2) is 8.81. The number of aryl methyl sites for hydroxylation is 1. The molecule has 2 aliphatic rings. The van der Waals surface area contributed by atoms with Gasteiger partial charge in [0.05, 0.1) is 11.6 Å². The molecule has 156 valence electrons. The monoisotopic (exact) mass is 487 g/mol. The average Bonchev–Trinajstić information content (AvgIpc) is 2.75. The van der Waals surface area contributed by atoms with Gasteiger partial charge in [-0.1, -0.05) is 28.1 Å². The first-order valence-electron chi connectivity index (χ1n) is 9.85. The zero-order valence-electron chi connectivity index (χ0n) is 16.5. The number of likely N-dealkylation sites (tertiary alicyclic amines) is 1. The highest BCUT2D eigenvalue weighted by molar-refractivity contribution is 9.10. The first-order chi connectivity index (χ1) is 14.4. The third-order valence-electron chi connectivity index (χ3n) is 5.38. The van der Waals surface area contributed by atoms with E-state index in [-0.39, 0.29) is 23.6 Å². The molecule has 3 amide bonds. The van der Waals surface area contributed by atoms with E-state index in [1.54, 1.807) is 4.90 Å². The standard InChI is InChI=1S/C22H22BrN3O3S/c1-13-11-15(8-9-16(13)23)24-20(27)14-5-4-10-26(12-14)22(29)19-21(28)25-17-6-2-3-7-18(17)30-19/h2-3,6-9,11,14,19H,4-5,10,12H2,1H3,(H,24,27)(H,25,28). The number of nitrogens with one attached hydrogen (secondary N) is 2. The maximum Gasteiger partial charge on any atom is 0.247 e. The van der Waals surface area contributed by atoms with Crippen molar-refractivity contribution in [1.29, 1.82) is 0 Å². The van der Waals surface area contributed by atoms with E-state index in [1.807, 2.05) is 49.4 Å². The van der Waals surface area contributed by atoms with Crippen LogP contribution >= 0.6 is 27.7 Å². The van der Waals surface area contributed by atoms with Crippen LogP contribution in [0.4, 0.5) is 11.4 Å². The third-order valence-corrected chi connectivity index (χ3v) is 7.53. The second-order valence-electron chi connectivity index (χ2n) is 7.56. The minimum atomic E-state index is -0.823. The Morgan fingerprint density at radius 1 is 1.23 bits per heavy atom. The Bertz CT molecular complexity index is 1010. The number of carbonyl (C=O) groups excluding carboxylic acids is 3. The number of carbonyl (C=O) groups is 3. The number of hydrogen-bond acceptors (Lipinski definition) is 4. The highest BCUT2D eigenvalue weighted by Crippen LogP contribution is 2.36. The average molecular weight is 488 g/mol. The van der Waals surface area contributed by atoms with Gasteiger partial charge < -0.3 is 15.5 Å². The lowest BCUT2D eigenvalue weighted by atomic mass is 9.96. The molecule has 2 aliphatic heterocycles. The molecule has 0 spiro atoms. The summed E-state index contributed by atoms with van der Waals surface area (Å²) in [5, 5.41) is 4.95. The molecule has 0 bridgehead atoms. The molecule has 30 heavy (non-hydrogen) atoms. The lowest BCUT2D eigenvalue weighted by molar-refractivity contribution is -0.136. The minimum absolute atomic E-state index is 0.0969. The fourth-order valence-corrected chi connectivity index (χ4v) is 5.06. The number of hydrogen-bond donors (Lipinski definition) is 2. The van der Waals surface area contributed by atoms with Gasteiger partial charge in [0, 0.05) is 28.1 Å². The zero-order chi connectivity index (χ0) is 21.3. The Morgan fingerprint density at radius 3 is 2.83 bits per heavy atom. The Labute approximate surface area is 187 Å². The van der Waals surface area contributed by atoms with Gasteiger partial charge >= 0.3 is 0 Å². The fourth-order valence-electron chi connectivity index (χ4n) is 3.74. The summed E-state index contributed by atoms with van der Waals surface area (Å²) in [6, 6.07) is 13.1. The second-order valence-corrected chi connectivity index (χ2v) is 9.56. The van der Waals surface area contributed by atoms with Crippen LogP contribution in [-0.4, -0.2) is 41.0 Å². The highest BCUT2D eigenvalue weighted by atomic mass is 79.9. The summed E-state index contributed by atoms with van der Waals surface area (Å²) in [7, 11) is 0. The van der Waals surface area contributed by atoms with E-state index in [4.69, 9.17) is 0 Å². The van der Waals surface area contributed by atoms with E-state index in [2.05, 4.69) is 26.6 Å². The molecular formula is C22H22BrN3O3S. The Morgan fingerprint density at radius 2 is 2.03 bits per heavy atom. The van der Waals surface area contributed by atoms with Crippen LogP contribution in [0.5, 0.6) is 0 Å². The van der Waals surface area contributed by atoms with E-state index in [9.17, 15) is 14.4 Å². The van der Waals surface area contributed by atoms with Crippen LogP contribution in [0.25, 0.3) is 0 Å². The van der Waals surface area contributed by atoms with E-state index in [1.165, 1.54) is 11.8 Å². The number of benzene rings is 2. The number of nitrogens with zero attached hydrogens (tertiary/aromatic N) is 1. The summed E-state index contributed by atoms with van der Waals surface area (Å²) in [6.45, 7) is 2.85. The number of fused-ring (bicyclic) bond motifs is 1. The predicted octanol–water partition coefficient (Wildman–Crippen LogP) is 4.05. The molecule has 0 aromatic heterocycles. The minimum Gasteiger partial charge on any atom is -0.340 e. The molecule has 8 heteroatoms. The fraction of sp³-hybridized carbons (Fsp3) is 0.318. The van der Waals surface area contributed by atoms with Gasteiger partial charge in [-0.2, -0.15) is 0 Å². The molecule has 0 aliphatic carbocycles. The molecule has 2 aromatic rings. The Kier molecular flexibility index (Phi) is 6.15. The number of para-hydroxylation sites is 1. The number of anilines is 2. The van der Waals surface area contributed by atoms with E-state index >= 15 is 0 Å². The van der Waals surface area contributed by atoms with Gasteiger partial charge in [0.1, 0.15) is 0 Å². The van der Waals surface area contributed by atoms with Crippen molar-refractivity contribution in [2.75, 3.05) is 23.7 Å². The molecule has 2 heterocycles. The molecule has 2 unspecified atom stereocenters. The van der Waals surface area contributed by atoms with Crippen LogP contribution in [0.15, 0.2) is 51.8 Å². The summed E-state index contributed by atoms with van der Waals surface area (Å²) in [6.07, 6.45) is 1.46. The first-order valence-corrected chi connectivity index (χ1v) is 11.5. The molecule has 4 rings (SSSR count). The topological polar surface area (TPSA) is 78.5 Å². The highest BCUT2D eigenvalue weighted by Gasteiger charge is 2.38.